The van der Waals surface area contributed by atoms with E-state index < -0.39 is 5.97 Å². The number of hydrogen-bond donors (Lipinski definition) is 2. The van der Waals surface area contributed by atoms with E-state index in [4.69, 9.17) is 5.11 Å². The van der Waals surface area contributed by atoms with Crippen LogP contribution in [0.1, 0.15) is 27.2 Å². The second-order valence-electron chi connectivity index (χ2n) is 4.55. The minimum Gasteiger partial charge on any atom is -0.478 e. The van der Waals surface area contributed by atoms with Crippen LogP contribution in [0.2, 0.25) is 0 Å². The molecule has 0 fully saturated rings. The molecule has 0 aliphatic carbocycles. The third-order valence-electron chi connectivity index (χ3n) is 3.21. The summed E-state index contributed by atoms with van der Waals surface area (Å²) in [7, 11) is 1.74. The minimum atomic E-state index is -0.952. The molecule has 0 aliphatic rings. The average Bonchev–Trinajstić information content (AvgIpc) is 2.70. The summed E-state index contributed by atoms with van der Waals surface area (Å²) in [5.41, 5.74) is 4.22. The average molecular weight is 259 g/mol. The summed E-state index contributed by atoms with van der Waals surface area (Å²) in [4.78, 5) is 11.1. The highest BCUT2D eigenvalue weighted by Crippen LogP contribution is 2.20. The van der Waals surface area contributed by atoms with Crippen molar-refractivity contribution in [3.8, 4) is 0 Å². The standard InChI is InChI=1S/C14H17N3O2/c1-9-5-4-6-10(2)13(9)15-8-12-11(14(18)19)7-16-17(12)3/h4-7,15H,8H2,1-3H3,(H,18,19). The molecule has 2 aromatic rings. The van der Waals surface area contributed by atoms with Crippen molar-refractivity contribution in [2.75, 3.05) is 5.32 Å². The van der Waals surface area contributed by atoms with Crippen molar-refractivity contribution in [3.63, 3.8) is 0 Å². The highest BCUT2D eigenvalue weighted by Gasteiger charge is 2.15. The van der Waals surface area contributed by atoms with Crippen molar-refractivity contribution >= 4 is 11.7 Å². The van der Waals surface area contributed by atoms with Crippen LogP contribution in [0.5, 0.6) is 0 Å². The minimum absolute atomic E-state index is 0.237. The maximum absolute atomic E-state index is 11.1. The molecule has 1 aromatic heterocycles. The Morgan fingerprint density at radius 1 is 1.37 bits per heavy atom. The molecule has 0 atom stereocenters. The van der Waals surface area contributed by atoms with E-state index in [0.29, 0.717) is 12.2 Å². The molecule has 2 N–H and O–H groups in total. The number of hydrogen-bond acceptors (Lipinski definition) is 3. The zero-order chi connectivity index (χ0) is 14.0. The van der Waals surface area contributed by atoms with Crippen molar-refractivity contribution in [3.05, 3.63) is 46.8 Å². The Kier molecular flexibility index (Phi) is 3.55. The Balaban J connectivity index is 2.24. The van der Waals surface area contributed by atoms with Gasteiger partial charge in [-0.2, -0.15) is 5.10 Å². The van der Waals surface area contributed by atoms with E-state index in [1.165, 1.54) is 6.20 Å². The fourth-order valence-electron chi connectivity index (χ4n) is 2.12. The predicted molar refractivity (Wildman–Crippen MR) is 73.4 cm³/mol. The normalized spacial score (nSPS) is 10.5. The number of aromatic carboxylic acids is 1. The molecule has 5 nitrogen and oxygen atoms in total. The molecule has 0 saturated heterocycles. The lowest BCUT2D eigenvalue weighted by Gasteiger charge is -2.13. The third kappa shape index (κ3) is 2.59. The first-order valence-corrected chi connectivity index (χ1v) is 6.05. The van der Waals surface area contributed by atoms with E-state index in [9.17, 15) is 4.79 Å². The first-order chi connectivity index (χ1) is 9.00. The van der Waals surface area contributed by atoms with Crippen molar-refractivity contribution < 1.29 is 9.90 Å². The quantitative estimate of drug-likeness (QED) is 0.884. The van der Waals surface area contributed by atoms with Crippen LogP contribution in [-0.4, -0.2) is 20.9 Å². The van der Waals surface area contributed by atoms with Gasteiger partial charge in [-0.1, -0.05) is 18.2 Å². The molecule has 5 heteroatoms. The Bertz CT molecular complexity index is 597. The lowest BCUT2D eigenvalue weighted by molar-refractivity contribution is 0.0695. The summed E-state index contributed by atoms with van der Waals surface area (Å²) in [5, 5.41) is 16.4. The molecule has 0 bridgehead atoms. The van der Waals surface area contributed by atoms with Gasteiger partial charge in [-0.25, -0.2) is 4.79 Å². The Hall–Kier alpha value is -2.30. The SMILES string of the molecule is Cc1cccc(C)c1NCc1c(C(=O)O)cnn1C. The summed E-state index contributed by atoms with van der Waals surface area (Å²) in [6, 6.07) is 6.05. The highest BCUT2D eigenvalue weighted by atomic mass is 16.4. The zero-order valence-corrected chi connectivity index (χ0v) is 11.3. The van der Waals surface area contributed by atoms with Crippen molar-refractivity contribution in [1.82, 2.24) is 9.78 Å². The predicted octanol–water partition coefficient (Wildman–Crippen LogP) is 2.35. The van der Waals surface area contributed by atoms with Gasteiger partial charge in [0, 0.05) is 12.7 Å². The van der Waals surface area contributed by atoms with Gasteiger partial charge in [0.1, 0.15) is 5.56 Å². The fourth-order valence-corrected chi connectivity index (χ4v) is 2.12. The van der Waals surface area contributed by atoms with E-state index in [1.807, 2.05) is 32.0 Å². The van der Waals surface area contributed by atoms with Gasteiger partial charge in [-0.05, 0) is 25.0 Å². The third-order valence-corrected chi connectivity index (χ3v) is 3.21. The van der Waals surface area contributed by atoms with Gasteiger partial charge >= 0.3 is 5.97 Å². The number of carboxylic acid groups (broad SMARTS) is 1. The maximum Gasteiger partial charge on any atom is 0.339 e. The van der Waals surface area contributed by atoms with Crippen LogP contribution in [0.4, 0.5) is 5.69 Å². The largest absolute Gasteiger partial charge is 0.478 e. The summed E-state index contributed by atoms with van der Waals surface area (Å²) in [6.45, 7) is 4.48. The second kappa shape index (κ2) is 5.14. The van der Waals surface area contributed by atoms with Crippen molar-refractivity contribution in [2.24, 2.45) is 7.05 Å². The summed E-state index contributed by atoms with van der Waals surface area (Å²) in [5.74, 6) is -0.952. The molecular weight excluding hydrogens is 242 g/mol. The van der Waals surface area contributed by atoms with Gasteiger partial charge in [-0.15, -0.1) is 0 Å². The molecule has 19 heavy (non-hydrogen) atoms. The lowest BCUT2D eigenvalue weighted by Crippen LogP contribution is -2.11. The molecule has 2 rings (SSSR count). The van der Waals surface area contributed by atoms with E-state index in [-0.39, 0.29) is 5.56 Å². The van der Waals surface area contributed by atoms with Gasteiger partial charge in [0.2, 0.25) is 0 Å². The van der Waals surface area contributed by atoms with Crippen LogP contribution in [-0.2, 0) is 13.6 Å². The molecule has 0 aliphatic heterocycles. The molecule has 100 valence electrons. The van der Waals surface area contributed by atoms with Crippen LogP contribution in [0.3, 0.4) is 0 Å². The number of carbonyl (C=O) groups is 1. The van der Waals surface area contributed by atoms with Gasteiger partial charge in [0.15, 0.2) is 0 Å². The van der Waals surface area contributed by atoms with E-state index >= 15 is 0 Å². The molecule has 0 saturated carbocycles. The number of benzene rings is 1. The first-order valence-electron chi connectivity index (χ1n) is 6.05. The molecule has 0 amide bonds. The van der Waals surface area contributed by atoms with Crippen LogP contribution in [0.15, 0.2) is 24.4 Å². The van der Waals surface area contributed by atoms with Gasteiger partial charge in [0.25, 0.3) is 0 Å². The number of nitrogens with one attached hydrogen (secondary N) is 1. The van der Waals surface area contributed by atoms with Crippen LogP contribution in [0.25, 0.3) is 0 Å². The summed E-state index contributed by atoms with van der Waals surface area (Å²) < 4.78 is 1.59. The van der Waals surface area contributed by atoms with Gasteiger partial charge in [-0.3, -0.25) is 4.68 Å². The molecule has 1 aromatic carbocycles. The van der Waals surface area contributed by atoms with E-state index in [1.54, 1.807) is 11.7 Å². The monoisotopic (exact) mass is 259 g/mol. The number of rotatable bonds is 4. The fraction of sp³-hybridized carbons (Fsp3) is 0.286. The number of carboxylic acids is 1. The van der Waals surface area contributed by atoms with Crippen molar-refractivity contribution in [1.29, 1.82) is 0 Å². The molecule has 0 radical (unpaired) electrons. The van der Waals surface area contributed by atoms with Crippen LogP contribution < -0.4 is 5.32 Å². The smallest absolute Gasteiger partial charge is 0.339 e. The highest BCUT2D eigenvalue weighted by molar-refractivity contribution is 5.88. The first kappa shape index (κ1) is 13.1. The molecule has 1 heterocycles. The second-order valence-corrected chi connectivity index (χ2v) is 4.55. The number of para-hydroxylation sites is 1. The van der Waals surface area contributed by atoms with Crippen LogP contribution >= 0.6 is 0 Å². The number of nitrogens with zero attached hydrogens (tertiary/aromatic N) is 2. The Labute approximate surface area is 111 Å². The maximum atomic E-state index is 11.1. The van der Waals surface area contributed by atoms with Crippen LogP contribution in [0, 0.1) is 13.8 Å². The number of aryl methyl sites for hydroxylation is 3. The van der Waals surface area contributed by atoms with E-state index in [2.05, 4.69) is 10.4 Å². The zero-order valence-electron chi connectivity index (χ0n) is 11.3. The topological polar surface area (TPSA) is 67.2 Å². The molecule has 0 unspecified atom stereocenters. The number of aromatic nitrogens is 2. The lowest BCUT2D eigenvalue weighted by atomic mass is 10.1. The number of anilines is 1. The molecular formula is C14H17N3O2. The Morgan fingerprint density at radius 2 is 2.00 bits per heavy atom. The summed E-state index contributed by atoms with van der Waals surface area (Å²) in [6.07, 6.45) is 1.38. The Morgan fingerprint density at radius 3 is 2.58 bits per heavy atom. The van der Waals surface area contributed by atoms with E-state index in [0.717, 1.165) is 16.8 Å². The van der Waals surface area contributed by atoms with Gasteiger partial charge < -0.3 is 10.4 Å². The van der Waals surface area contributed by atoms with Crippen molar-refractivity contribution in [2.45, 2.75) is 20.4 Å². The summed E-state index contributed by atoms with van der Waals surface area (Å²) >= 11 is 0. The van der Waals surface area contributed by atoms with Gasteiger partial charge in [0.05, 0.1) is 18.4 Å². The molecule has 0 spiro atoms.